The molecule has 0 radical (unpaired) electrons. The summed E-state index contributed by atoms with van der Waals surface area (Å²) in [4.78, 5) is 7.11. The number of benzene rings is 1. The van der Waals surface area contributed by atoms with E-state index in [0.29, 0.717) is 12.5 Å². The van der Waals surface area contributed by atoms with Crippen LogP contribution in [0.25, 0.3) is 0 Å². The quantitative estimate of drug-likeness (QED) is 0.903. The van der Waals surface area contributed by atoms with Crippen molar-refractivity contribution in [3.63, 3.8) is 0 Å². The molecule has 4 heteroatoms. The second kappa shape index (κ2) is 7.24. The van der Waals surface area contributed by atoms with Gasteiger partial charge in [-0.15, -0.1) is 0 Å². The number of ether oxygens (including phenoxy) is 1. The number of aliphatic hydroxyl groups is 1. The molecule has 1 atom stereocenters. The lowest BCUT2D eigenvalue weighted by Gasteiger charge is -2.31. The molecule has 3 rings (SSSR count). The molecule has 132 valence electrons. The molecule has 0 amide bonds. The smallest absolute Gasteiger partial charge is 0.216 e. The van der Waals surface area contributed by atoms with Crippen molar-refractivity contribution in [2.75, 3.05) is 26.2 Å². The zero-order valence-corrected chi connectivity index (χ0v) is 15.2. The Labute approximate surface area is 145 Å². The van der Waals surface area contributed by atoms with Gasteiger partial charge in [0.2, 0.25) is 5.90 Å². The lowest BCUT2D eigenvalue weighted by Crippen LogP contribution is -2.38. The van der Waals surface area contributed by atoms with Gasteiger partial charge in [0, 0.05) is 25.2 Å². The van der Waals surface area contributed by atoms with Gasteiger partial charge in [-0.25, -0.2) is 4.99 Å². The fourth-order valence-corrected chi connectivity index (χ4v) is 3.53. The van der Waals surface area contributed by atoms with E-state index in [1.54, 1.807) is 0 Å². The maximum absolute atomic E-state index is 9.60. The Hall–Kier alpha value is -1.39. The molecule has 0 aromatic heterocycles. The molecular formula is C20H30N2O2. The molecule has 2 aliphatic heterocycles. The summed E-state index contributed by atoms with van der Waals surface area (Å²) in [5.74, 6) is 1.39. The van der Waals surface area contributed by atoms with Crippen LogP contribution in [0.1, 0.15) is 44.7 Å². The molecule has 1 saturated heterocycles. The maximum atomic E-state index is 9.60. The van der Waals surface area contributed by atoms with Gasteiger partial charge in [-0.2, -0.15) is 0 Å². The van der Waals surface area contributed by atoms with Crippen molar-refractivity contribution in [2.24, 2.45) is 10.9 Å². The van der Waals surface area contributed by atoms with Crippen LogP contribution in [0.15, 0.2) is 29.3 Å². The third kappa shape index (κ3) is 4.58. The Morgan fingerprint density at radius 2 is 1.92 bits per heavy atom. The van der Waals surface area contributed by atoms with Crippen LogP contribution in [0.2, 0.25) is 0 Å². The highest BCUT2D eigenvalue weighted by Crippen LogP contribution is 2.21. The Bertz CT molecular complexity index is 572. The fourth-order valence-electron chi connectivity index (χ4n) is 3.53. The average molecular weight is 330 g/mol. The van der Waals surface area contributed by atoms with Crippen LogP contribution in [0, 0.1) is 5.92 Å². The van der Waals surface area contributed by atoms with Crippen LogP contribution < -0.4 is 0 Å². The number of likely N-dealkylation sites (tertiary alicyclic amines) is 1. The predicted molar refractivity (Wildman–Crippen MR) is 97.6 cm³/mol. The highest BCUT2D eigenvalue weighted by Gasteiger charge is 2.27. The van der Waals surface area contributed by atoms with Gasteiger partial charge in [-0.05, 0) is 56.7 Å². The number of aliphatic hydroxyl groups excluding tert-OH is 1. The third-order valence-corrected chi connectivity index (χ3v) is 4.88. The van der Waals surface area contributed by atoms with E-state index in [4.69, 9.17) is 4.74 Å². The summed E-state index contributed by atoms with van der Waals surface area (Å²) in [6, 6.07) is 8.64. The topological polar surface area (TPSA) is 45.1 Å². The van der Waals surface area contributed by atoms with Crippen LogP contribution in [0.3, 0.4) is 0 Å². The molecule has 4 nitrogen and oxygen atoms in total. The number of hydrogen-bond acceptors (Lipinski definition) is 4. The number of aliphatic imine (C=N–C) groups is 1. The average Bonchev–Trinajstić information content (AvgIpc) is 2.90. The predicted octanol–water partition coefficient (Wildman–Crippen LogP) is 2.88. The number of piperidine rings is 1. The zero-order chi connectivity index (χ0) is 17.2. The summed E-state index contributed by atoms with van der Waals surface area (Å²) in [6.45, 7) is 10.3. The van der Waals surface area contributed by atoms with Crippen molar-refractivity contribution >= 4 is 5.90 Å². The first-order valence-electron chi connectivity index (χ1n) is 9.14. The van der Waals surface area contributed by atoms with Gasteiger partial charge in [-0.3, -0.25) is 0 Å². The van der Waals surface area contributed by atoms with E-state index in [0.717, 1.165) is 50.4 Å². The van der Waals surface area contributed by atoms with E-state index in [9.17, 15) is 5.11 Å². The van der Waals surface area contributed by atoms with Crippen molar-refractivity contribution in [3.05, 3.63) is 35.4 Å². The van der Waals surface area contributed by atoms with Crippen LogP contribution >= 0.6 is 0 Å². The third-order valence-electron chi connectivity index (χ3n) is 4.88. The van der Waals surface area contributed by atoms with Crippen molar-refractivity contribution < 1.29 is 9.84 Å². The first-order valence-corrected chi connectivity index (χ1v) is 9.14. The van der Waals surface area contributed by atoms with E-state index in [1.807, 2.05) is 0 Å². The van der Waals surface area contributed by atoms with Crippen molar-refractivity contribution in [1.29, 1.82) is 0 Å². The lowest BCUT2D eigenvalue weighted by molar-refractivity contribution is 0.0760. The van der Waals surface area contributed by atoms with Crippen molar-refractivity contribution in [3.8, 4) is 0 Å². The number of nitrogens with zero attached hydrogens (tertiary/aromatic N) is 2. The SMILES string of the molecule is CC(Cc1ccc(C2=NC(C)(C)CO2)cc1)CN1CCC(O)CC1. The first-order chi connectivity index (χ1) is 11.4. The summed E-state index contributed by atoms with van der Waals surface area (Å²) in [6.07, 6.45) is 2.83. The largest absolute Gasteiger partial charge is 0.475 e. The molecule has 1 aromatic rings. The van der Waals surface area contributed by atoms with Crippen LogP contribution in [0.5, 0.6) is 0 Å². The zero-order valence-electron chi connectivity index (χ0n) is 15.2. The van der Waals surface area contributed by atoms with Gasteiger partial charge in [-0.1, -0.05) is 19.1 Å². The molecule has 2 aliphatic rings. The molecule has 0 aliphatic carbocycles. The minimum absolute atomic E-state index is 0.0881. The molecular weight excluding hydrogens is 300 g/mol. The Morgan fingerprint density at radius 3 is 2.50 bits per heavy atom. The normalized spacial score (nSPS) is 22.9. The van der Waals surface area contributed by atoms with Gasteiger partial charge < -0.3 is 14.7 Å². The standard InChI is InChI=1S/C20H30N2O2/c1-15(13-22-10-8-18(23)9-11-22)12-16-4-6-17(7-5-16)19-21-20(2,3)14-24-19/h4-7,15,18,23H,8-14H2,1-3H3. The highest BCUT2D eigenvalue weighted by atomic mass is 16.5. The van der Waals surface area contributed by atoms with E-state index < -0.39 is 0 Å². The summed E-state index contributed by atoms with van der Waals surface area (Å²) in [7, 11) is 0. The molecule has 0 spiro atoms. The van der Waals surface area contributed by atoms with Gasteiger partial charge in [0.25, 0.3) is 0 Å². The minimum atomic E-state index is -0.107. The maximum Gasteiger partial charge on any atom is 0.216 e. The molecule has 1 fully saturated rings. The van der Waals surface area contributed by atoms with Crippen molar-refractivity contribution in [1.82, 2.24) is 4.90 Å². The van der Waals surface area contributed by atoms with Gasteiger partial charge in [0.1, 0.15) is 6.61 Å². The molecule has 1 N–H and O–H groups in total. The summed E-state index contributed by atoms with van der Waals surface area (Å²) >= 11 is 0. The van der Waals surface area contributed by atoms with Crippen LogP contribution in [-0.2, 0) is 11.2 Å². The molecule has 24 heavy (non-hydrogen) atoms. The Morgan fingerprint density at radius 1 is 1.25 bits per heavy atom. The summed E-state index contributed by atoms with van der Waals surface area (Å²) in [5.41, 5.74) is 2.33. The summed E-state index contributed by atoms with van der Waals surface area (Å²) < 4.78 is 5.71. The Balaban J connectivity index is 1.52. The Kier molecular flexibility index (Phi) is 5.26. The van der Waals surface area contributed by atoms with Crippen LogP contribution in [0.4, 0.5) is 0 Å². The summed E-state index contributed by atoms with van der Waals surface area (Å²) in [5, 5.41) is 9.60. The van der Waals surface area contributed by atoms with E-state index in [2.05, 4.69) is 54.9 Å². The fraction of sp³-hybridized carbons (Fsp3) is 0.650. The molecule has 1 unspecified atom stereocenters. The number of rotatable bonds is 5. The van der Waals surface area contributed by atoms with E-state index in [1.165, 1.54) is 5.56 Å². The lowest BCUT2D eigenvalue weighted by atomic mass is 9.98. The van der Waals surface area contributed by atoms with E-state index >= 15 is 0 Å². The van der Waals surface area contributed by atoms with Crippen LogP contribution in [-0.4, -0.2) is 53.8 Å². The second-order valence-electron chi connectivity index (χ2n) is 8.06. The first kappa shape index (κ1) is 17.4. The molecule has 1 aromatic carbocycles. The molecule has 0 saturated carbocycles. The molecule has 0 bridgehead atoms. The number of hydrogen-bond donors (Lipinski definition) is 1. The van der Waals surface area contributed by atoms with Gasteiger partial charge in [0.15, 0.2) is 0 Å². The molecule has 2 heterocycles. The highest BCUT2D eigenvalue weighted by molar-refractivity contribution is 5.95. The minimum Gasteiger partial charge on any atom is -0.475 e. The second-order valence-corrected chi connectivity index (χ2v) is 8.06. The van der Waals surface area contributed by atoms with Gasteiger partial charge in [0.05, 0.1) is 11.6 Å². The monoisotopic (exact) mass is 330 g/mol. The van der Waals surface area contributed by atoms with Crippen molar-refractivity contribution in [2.45, 2.75) is 51.7 Å². The van der Waals surface area contributed by atoms with E-state index in [-0.39, 0.29) is 11.6 Å². The van der Waals surface area contributed by atoms with Gasteiger partial charge >= 0.3 is 0 Å².